The Kier molecular flexibility index (Phi) is 12.5. The summed E-state index contributed by atoms with van der Waals surface area (Å²) in [6.07, 6.45) is 7.24. The van der Waals surface area contributed by atoms with E-state index in [1.807, 2.05) is 37.3 Å². The van der Waals surface area contributed by atoms with E-state index in [0.717, 1.165) is 59.3 Å². The first-order valence-corrected chi connectivity index (χ1v) is 22.2. The molecular formula is C48H60N6O6S. The van der Waals surface area contributed by atoms with Crippen molar-refractivity contribution in [1.82, 2.24) is 14.9 Å². The molecule has 3 unspecified atom stereocenters. The van der Waals surface area contributed by atoms with Gasteiger partial charge in [-0.05, 0) is 104 Å². The molecule has 3 aliphatic rings. The Morgan fingerprint density at radius 3 is 2.46 bits per heavy atom. The van der Waals surface area contributed by atoms with Crippen molar-refractivity contribution in [2.45, 2.75) is 105 Å². The van der Waals surface area contributed by atoms with Crippen LogP contribution in [0.3, 0.4) is 0 Å². The lowest BCUT2D eigenvalue weighted by Crippen LogP contribution is -2.57. The van der Waals surface area contributed by atoms with Gasteiger partial charge in [0, 0.05) is 74.7 Å². The molecule has 2 bridgehead atoms. The first-order valence-electron chi connectivity index (χ1n) is 21.4. The normalized spacial score (nSPS) is 23.7. The number of hydrogen-bond donors (Lipinski definition) is 3. The topological polar surface area (TPSA) is 172 Å². The van der Waals surface area contributed by atoms with Gasteiger partial charge in [-0.15, -0.1) is 11.3 Å². The fourth-order valence-electron chi connectivity index (χ4n) is 11.4. The first kappa shape index (κ1) is 43.9. The molecule has 61 heavy (non-hydrogen) atoms. The van der Waals surface area contributed by atoms with Crippen LogP contribution >= 0.6 is 11.3 Å². The van der Waals surface area contributed by atoms with E-state index in [-0.39, 0.29) is 34.3 Å². The largest absolute Gasteiger partial charge is 0.481 e. The van der Waals surface area contributed by atoms with Gasteiger partial charge in [0.05, 0.1) is 22.4 Å². The van der Waals surface area contributed by atoms with Gasteiger partial charge in [-0.2, -0.15) is 0 Å². The number of carboxylic acid groups (broad SMARTS) is 2. The molecule has 0 radical (unpaired) electrons. The first-order chi connectivity index (χ1) is 28.9. The zero-order valence-electron chi connectivity index (χ0n) is 36.4. The second-order valence-electron chi connectivity index (χ2n) is 19.2. The van der Waals surface area contributed by atoms with Crippen molar-refractivity contribution in [3.05, 3.63) is 83.2 Å². The average Bonchev–Trinajstić information content (AvgIpc) is 3.62. The van der Waals surface area contributed by atoms with Crippen LogP contribution in [0, 0.1) is 16.2 Å². The molecule has 0 spiro atoms. The Labute approximate surface area is 362 Å². The maximum Gasteiger partial charge on any atom is 0.355 e. The van der Waals surface area contributed by atoms with E-state index in [1.165, 1.54) is 24.3 Å². The number of aliphatic carboxylic acids is 1. The molecule has 2 saturated carbocycles. The van der Waals surface area contributed by atoms with Crippen molar-refractivity contribution >= 4 is 56.5 Å². The van der Waals surface area contributed by atoms with Gasteiger partial charge in [-0.25, -0.2) is 14.8 Å². The number of thiazole rings is 1. The fraction of sp³-hybridized carbons (Fsp3) is 0.500. The van der Waals surface area contributed by atoms with E-state index in [9.17, 15) is 19.5 Å². The summed E-state index contributed by atoms with van der Waals surface area (Å²) in [4.78, 5) is 55.1. The van der Waals surface area contributed by atoms with Crippen LogP contribution < -0.4 is 10.6 Å². The Morgan fingerprint density at radius 2 is 1.74 bits per heavy atom. The van der Waals surface area contributed by atoms with Crippen molar-refractivity contribution < 1.29 is 29.3 Å². The van der Waals surface area contributed by atoms with Crippen LogP contribution in [-0.4, -0.2) is 87.0 Å². The van der Waals surface area contributed by atoms with Gasteiger partial charge in [0.25, 0.3) is 0 Å². The number of aliphatic imine (C=N–C) groups is 1. The number of allylic oxidation sites excluding steroid dienone is 1. The minimum Gasteiger partial charge on any atom is -0.481 e. The zero-order chi connectivity index (χ0) is 43.7. The standard InChI is InChI=1S/C48H60N6O6S/c1-31(50-30-47(6)27-46(5)25-45(3,4)26-48(28-46,29-47)60-22-21-53(32(2)55)19-10-15-41(56)57)36(23-49)34-16-17-40(52-42(34)44(58)59)54-20-18-33-11-9-12-35(37(33)24-54)43-51-38-13-7-8-14-39(38)61-43/h7-9,11-14,16-17,23H,10,15,18-22,24-30,49H2,1-6H3,(H,56,57)(H,58,59). The highest BCUT2D eigenvalue weighted by molar-refractivity contribution is 7.21. The maximum atomic E-state index is 12.9. The SMILES string of the molecule is CC(=O)N(CCCC(=O)O)CCOC12CC(C)(C)CC(C)(CC(C)(CN=C(C)C(=CN)c3ccc(N4CCc5cccc(-c6nc7ccccc7s6)c5C4)nc3C(=O)O)C1)C2. The van der Waals surface area contributed by atoms with E-state index in [4.69, 9.17) is 30.5 Å². The summed E-state index contributed by atoms with van der Waals surface area (Å²) in [6.45, 7) is 15.6. The smallest absolute Gasteiger partial charge is 0.355 e. The highest BCUT2D eigenvalue weighted by atomic mass is 32.1. The van der Waals surface area contributed by atoms with Gasteiger partial charge in [-0.1, -0.05) is 58.0 Å². The van der Waals surface area contributed by atoms with Gasteiger partial charge in [0.2, 0.25) is 5.91 Å². The Bertz CT molecular complexity index is 2350. The number of aromatic carboxylic acids is 1. The number of pyridine rings is 1. The molecule has 0 saturated heterocycles. The third kappa shape index (κ3) is 9.83. The summed E-state index contributed by atoms with van der Waals surface area (Å²) in [5, 5.41) is 20.6. The van der Waals surface area contributed by atoms with E-state index < -0.39 is 17.5 Å². The summed E-state index contributed by atoms with van der Waals surface area (Å²) >= 11 is 1.68. The molecule has 12 nitrogen and oxygen atoms in total. The number of amides is 1. The number of rotatable bonds is 15. The molecule has 4 N–H and O–H groups in total. The Balaban J connectivity index is 1.09. The second kappa shape index (κ2) is 17.3. The van der Waals surface area contributed by atoms with Crippen LogP contribution in [0.1, 0.15) is 114 Å². The minimum absolute atomic E-state index is 0.00676. The number of para-hydroxylation sites is 1. The van der Waals surface area contributed by atoms with E-state index in [0.29, 0.717) is 68.4 Å². The molecule has 7 rings (SSSR count). The zero-order valence-corrected chi connectivity index (χ0v) is 37.2. The van der Waals surface area contributed by atoms with Crippen molar-refractivity contribution in [1.29, 1.82) is 0 Å². The third-order valence-electron chi connectivity index (χ3n) is 12.8. The maximum absolute atomic E-state index is 12.9. The van der Waals surface area contributed by atoms with E-state index >= 15 is 0 Å². The molecule has 1 aliphatic heterocycles. The number of carbonyl (C=O) groups is 3. The van der Waals surface area contributed by atoms with Gasteiger partial charge in [-0.3, -0.25) is 14.6 Å². The molecule has 324 valence electrons. The number of carboxylic acids is 2. The Morgan fingerprint density at radius 1 is 0.951 bits per heavy atom. The molecule has 2 aromatic heterocycles. The number of carbonyl (C=O) groups excluding carboxylic acids is 1. The van der Waals surface area contributed by atoms with Crippen LogP contribution in [-0.2, 0) is 27.3 Å². The summed E-state index contributed by atoms with van der Waals surface area (Å²) in [7, 11) is 0. The molecule has 4 aromatic rings. The van der Waals surface area contributed by atoms with E-state index in [1.54, 1.807) is 16.2 Å². The number of ether oxygens (including phenoxy) is 1. The molecule has 2 aliphatic carbocycles. The molecule has 2 fully saturated rings. The van der Waals surface area contributed by atoms with Gasteiger partial charge in [0.1, 0.15) is 10.8 Å². The van der Waals surface area contributed by atoms with Crippen LogP contribution in [0.25, 0.3) is 26.4 Å². The molecule has 3 heterocycles. The van der Waals surface area contributed by atoms with Crippen molar-refractivity contribution in [3.63, 3.8) is 0 Å². The Hall–Kier alpha value is -5.14. The predicted molar refractivity (Wildman–Crippen MR) is 242 cm³/mol. The summed E-state index contributed by atoms with van der Waals surface area (Å²) in [5.74, 6) is -1.51. The summed E-state index contributed by atoms with van der Waals surface area (Å²) in [6, 6.07) is 18.2. The van der Waals surface area contributed by atoms with E-state index in [2.05, 4.69) is 56.9 Å². The number of benzene rings is 2. The second-order valence-corrected chi connectivity index (χ2v) is 20.2. The summed E-state index contributed by atoms with van der Waals surface area (Å²) in [5.41, 5.74) is 11.7. The molecule has 1 amide bonds. The highest BCUT2D eigenvalue weighted by Gasteiger charge is 2.58. The monoisotopic (exact) mass is 848 g/mol. The van der Waals surface area contributed by atoms with Gasteiger partial charge in [0.15, 0.2) is 5.69 Å². The van der Waals surface area contributed by atoms with Crippen molar-refractivity contribution in [2.24, 2.45) is 27.0 Å². The van der Waals surface area contributed by atoms with Crippen LogP contribution in [0.5, 0.6) is 0 Å². The number of anilines is 1. The number of hydrogen-bond acceptors (Lipinski definition) is 10. The minimum atomic E-state index is -1.14. The lowest BCUT2D eigenvalue weighted by molar-refractivity contribution is -0.191. The molecule has 3 atom stereocenters. The van der Waals surface area contributed by atoms with Gasteiger partial charge < -0.3 is 30.5 Å². The lowest BCUT2D eigenvalue weighted by Gasteiger charge is -2.61. The van der Waals surface area contributed by atoms with Crippen LogP contribution in [0.15, 0.2) is 65.8 Å². The summed E-state index contributed by atoms with van der Waals surface area (Å²) < 4.78 is 8.02. The number of nitrogens with two attached hydrogens (primary N) is 1. The van der Waals surface area contributed by atoms with Crippen LogP contribution in [0.2, 0.25) is 0 Å². The third-order valence-corrected chi connectivity index (χ3v) is 13.9. The number of fused-ring (bicyclic) bond motifs is 4. The fourth-order valence-corrected chi connectivity index (χ4v) is 12.4. The van der Waals surface area contributed by atoms with Crippen molar-refractivity contribution in [2.75, 3.05) is 37.7 Å². The van der Waals surface area contributed by atoms with Crippen molar-refractivity contribution in [3.8, 4) is 10.6 Å². The molecular weight excluding hydrogens is 789 g/mol. The molecule has 13 heteroatoms. The molecule has 2 aromatic carbocycles. The number of nitrogens with zero attached hydrogens (tertiary/aromatic N) is 5. The highest BCUT2D eigenvalue weighted by Crippen LogP contribution is 2.63. The predicted octanol–water partition coefficient (Wildman–Crippen LogP) is 8.86. The quantitative estimate of drug-likeness (QED) is 0.0982. The lowest BCUT2D eigenvalue weighted by atomic mass is 9.48. The average molecular weight is 849 g/mol. The van der Waals surface area contributed by atoms with Crippen LogP contribution in [0.4, 0.5) is 5.82 Å². The van der Waals surface area contributed by atoms with Gasteiger partial charge >= 0.3 is 11.9 Å². The number of aromatic nitrogens is 2.